The minimum atomic E-state index is 0.619. The molecule has 21 heavy (non-hydrogen) atoms. The molecule has 3 rings (SSSR count). The summed E-state index contributed by atoms with van der Waals surface area (Å²) >= 11 is 1.77. The summed E-state index contributed by atoms with van der Waals surface area (Å²) in [7, 11) is 0. The molecule has 0 amide bonds. The van der Waals surface area contributed by atoms with Gasteiger partial charge in [-0.15, -0.1) is 11.8 Å². The van der Waals surface area contributed by atoms with Crippen molar-refractivity contribution in [3.05, 3.63) is 42.1 Å². The fraction of sp³-hybridized carbons (Fsp3) is 0.312. The number of nitrogens with zero attached hydrogens (tertiary/aromatic N) is 1. The van der Waals surface area contributed by atoms with E-state index in [1.165, 1.54) is 10.5 Å². The zero-order chi connectivity index (χ0) is 14.5. The van der Waals surface area contributed by atoms with E-state index in [1.54, 1.807) is 11.8 Å². The monoisotopic (exact) mass is 302 g/mol. The number of fused-ring (bicyclic) bond motifs is 1. The number of ether oxygens (including phenoxy) is 2. The normalized spacial score (nSPS) is 13.0. The second kappa shape index (κ2) is 6.72. The van der Waals surface area contributed by atoms with Crippen LogP contribution in [0.5, 0.6) is 11.5 Å². The highest BCUT2D eigenvalue weighted by Gasteiger charge is 2.12. The molecule has 1 aliphatic heterocycles. The van der Waals surface area contributed by atoms with Crippen molar-refractivity contribution in [3.8, 4) is 11.5 Å². The smallest absolute Gasteiger partial charge is 0.162 e. The number of pyridine rings is 1. The maximum atomic E-state index is 5.62. The summed E-state index contributed by atoms with van der Waals surface area (Å²) in [6.07, 6.45) is 1.82. The van der Waals surface area contributed by atoms with Crippen LogP contribution in [0.3, 0.4) is 0 Å². The maximum absolute atomic E-state index is 5.62. The van der Waals surface area contributed by atoms with E-state index >= 15 is 0 Å². The van der Waals surface area contributed by atoms with E-state index < -0.39 is 0 Å². The molecule has 1 aromatic carbocycles. The molecular formula is C16H18N2O2S. The van der Waals surface area contributed by atoms with Crippen LogP contribution >= 0.6 is 11.8 Å². The maximum Gasteiger partial charge on any atom is 0.162 e. The molecule has 1 aromatic heterocycles. The first-order valence-corrected chi connectivity index (χ1v) is 8.05. The van der Waals surface area contributed by atoms with Crippen LogP contribution in [0.15, 0.2) is 41.4 Å². The summed E-state index contributed by atoms with van der Waals surface area (Å²) in [4.78, 5) is 5.55. The minimum Gasteiger partial charge on any atom is -0.486 e. The van der Waals surface area contributed by atoms with Gasteiger partial charge in [0.2, 0.25) is 0 Å². The molecule has 0 fully saturated rings. The van der Waals surface area contributed by atoms with Crippen molar-refractivity contribution in [3.63, 3.8) is 0 Å². The Kier molecular flexibility index (Phi) is 4.50. The van der Waals surface area contributed by atoms with E-state index in [4.69, 9.17) is 9.47 Å². The molecule has 0 saturated heterocycles. The van der Waals surface area contributed by atoms with Crippen molar-refractivity contribution in [1.82, 2.24) is 4.98 Å². The standard InChI is InChI=1S/C16H18N2O2S/c1-2-17-16-12(4-3-7-18-16)11-21-13-5-6-14-15(10-13)20-9-8-19-14/h3-7,10H,2,8-9,11H2,1H3,(H,17,18). The van der Waals surface area contributed by atoms with Crippen LogP contribution in [0.1, 0.15) is 12.5 Å². The molecule has 0 bridgehead atoms. The molecule has 0 aliphatic carbocycles. The van der Waals surface area contributed by atoms with Gasteiger partial charge in [-0.25, -0.2) is 4.98 Å². The predicted octanol–water partition coefficient (Wildman–Crippen LogP) is 3.58. The van der Waals surface area contributed by atoms with Crippen molar-refractivity contribution < 1.29 is 9.47 Å². The topological polar surface area (TPSA) is 43.4 Å². The van der Waals surface area contributed by atoms with Gasteiger partial charge >= 0.3 is 0 Å². The Bertz CT molecular complexity index is 619. The molecule has 0 atom stereocenters. The number of thioether (sulfide) groups is 1. The van der Waals surface area contributed by atoms with Gasteiger partial charge in [0.15, 0.2) is 11.5 Å². The van der Waals surface area contributed by atoms with E-state index in [1.807, 2.05) is 24.4 Å². The van der Waals surface area contributed by atoms with Gasteiger partial charge in [-0.3, -0.25) is 0 Å². The van der Waals surface area contributed by atoms with Crippen molar-refractivity contribution in [2.45, 2.75) is 17.6 Å². The largest absolute Gasteiger partial charge is 0.486 e. The second-order valence-electron chi connectivity index (χ2n) is 4.64. The van der Waals surface area contributed by atoms with E-state index in [2.05, 4.69) is 29.4 Å². The van der Waals surface area contributed by atoms with Crippen molar-refractivity contribution >= 4 is 17.6 Å². The zero-order valence-electron chi connectivity index (χ0n) is 12.0. The highest BCUT2D eigenvalue weighted by molar-refractivity contribution is 7.98. The first kappa shape index (κ1) is 14.1. The molecule has 2 heterocycles. The lowest BCUT2D eigenvalue weighted by Crippen LogP contribution is -2.15. The minimum absolute atomic E-state index is 0.619. The number of rotatable bonds is 5. The SMILES string of the molecule is CCNc1ncccc1CSc1ccc2c(c1)OCCO2. The highest BCUT2D eigenvalue weighted by Crippen LogP contribution is 2.35. The number of nitrogens with one attached hydrogen (secondary N) is 1. The van der Waals surface area contributed by atoms with Gasteiger partial charge in [0.25, 0.3) is 0 Å². The molecule has 5 heteroatoms. The second-order valence-corrected chi connectivity index (χ2v) is 5.68. The number of aromatic nitrogens is 1. The molecule has 0 spiro atoms. The Morgan fingerprint density at radius 1 is 1.19 bits per heavy atom. The third-order valence-electron chi connectivity index (χ3n) is 3.14. The van der Waals surface area contributed by atoms with Crippen LogP contribution in [0.4, 0.5) is 5.82 Å². The quantitative estimate of drug-likeness (QED) is 0.855. The molecule has 2 aromatic rings. The lowest BCUT2D eigenvalue weighted by atomic mass is 10.3. The summed E-state index contributed by atoms with van der Waals surface area (Å²) in [5, 5.41) is 3.29. The van der Waals surface area contributed by atoms with Gasteiger partial charge in [0, 0.05) is 29.0 Å². The van der Waals surface area contributed by atoms with Crippen molar-refractivity contribution in [2.24, 2.45) is 0 Å². The van der Waals surface area contributed by atoms with Gasteiger partial charge in [0.1, 0.15) is 19.0 Å². The van der Waals surface area contributed by atoms with Gasteiger partial charge in [-0.2, -0.15) is 0 Å². The van der Waals surface area contributed by atoms with Crippen molar-refractivity contribution in [2.75, 3.05) is 25.1 Å². The van der Waals surface area contributed by atoms with Crippen LogP contribution in [-0.2, 0) is 5.75 Å². The number of anilines is 1. The third kappa shape index (κ3) is 3.42. The Hall–Kier alpha value is -1.88. The molecule has 4 nitrogen and oxygen atoms in total. The first-order chi connectivity index (χ1) is 10.4. The van der Waals surface area contributed by atoms with E-state index in [0.717, 1.165) is 29.6 Å². The summed E-state index contributed by atoms with van der Waals surface area (Å²) in [6, 6.07) is 10.2. The molecule has 0 unspecified atom stereocenters. The van der Waals surface area contributed by atoms with E-state index in [-0.39, 0.29) is 0 Å². The molecular weight excluding hydrogens is 284 g/mol. The van der Waals surface area contributed by atoms with Gasteiger partial charge in [-0.1, -0.05) is 6.07 Å². The van der Waals surface area contributed by atoms with Gasteiger partial charge in [0.05, 0.1) is 0 Å². The zero-order valence-corrected chi connectivity index (χ0v) is 12.8. The number of hydrogen-bond donors (Lipinski definition) is 1. The fourth-order valence-electron chi connectivity index (χ4n) is 2.16. The Morgan fingerprint density at radius 2 is 2.05 bits per heavy atom. The third-order valence-corrected chi connectivity index (χ3v) is 4.19. The van der Waals surface area contributed by atoms with Crippen LogP contribution in [0, 0.1) is 0 Å². The number of hydrogen-bond acceptors (Lipinski definition) is 5. The number of benzene rings is 1. The fourth-order valence-corrected chi connectivity index (χ4v) is 3.07. The Balaban J connectivity index is 1.70. The predicted molar refractivity (Wildman–Crippen MR) is 85.4 cm³/mol. The Labute approximate surface area is 128 Å². The van der Waals surface area contributed by atoms with E-state index in [9.17, 15) is 0 Å². The van der Waals surface area contributed by atoms with Crippen LogP contribution in [0.2, 0.25) is 0 Å². The molecule has 1 aliphatic rings. The summed E-state index contributed by atoms with van der Waals surface area (Å²) < 4.78 is 11.2. The van der Waals surface area contributed by atoms with E-state index in [0.29, 0.717) is 13.2 Å². The van der Waals surface area contributed by atoms with Crippen LogP contribution in [-0.4, -0.2) is 24.7 Å². The summed E-state index contributed by atoms with van der Waals surface area (Å²) in [6.45, 7) is 4.20. The summed E-state index contributed by atoms with van der Waals surface area (Å²) in [5.74, 6) is 3.50. The molecule has 1 N–H and O–H groups in total. The van der Waals surface area contributed by atoms with Crippen LogP contribution < -0.4 is 14.8 Å². The molecule has 0 radical (unpaired) electrons. The molecule has 0 saturated carbocycles. The lowest BCUT2D eigenvalue weighted by molar-refractivity contribution is 0.171. The summed E-state index contributed by atoms with van der Waals surface area (Å²) in [5.41, 5.74) is 1.21. The first-order valence-electron chi connectivity index (χ1n) is 7.07. The Morgan fingerprint density at radius 3 is 2.90 bits per heavy atom. The lowest BCUT2D eigenvalue weighted by Gasteiger charge is -2.18. The highest BCUT2D eigenvalue weighted by atomic mass is 32.2. The van der Waals surface area contributed by atoms with Crippen molar-refractivity contribution in [1.29, 1.82) is 0 Å². The average molecular weight is 302 g/mol. The van der Waals surface area contributed by atoms with Gasteiger partial charge < -0.3 is 14.8 Å². The van der Waals surface area contributed by atoms with Gasteiger partial charge in [-0.05, 0) is 31.2 Å². The van der Waals surface area contributed by atoms with Crippen LogP contribution in [0.25, 0.3) is 0 Å². The molecule has 110 valence electrons. The average Bonchev–Trinajstić information content (AvgIpc) is 2.54.